The molecule has 0 saturated heterocycles. The van der Waals surface area contributed by atoms with Crippen molar-refractivity contribution in [2.75, 3.05) is 36.5 Å². The maximum atomic E-state index is 13.1. The number of fused-ring (bicyclic) bond motifs is 1. The Morgan fingerprint density at radius 3 is 2.49 bits per heavy atom. The predicted octanol–water partition coefficient (Wildman–Crippen LogP) is 4.17. The van der Waals surface area contributed by atoms with E-state index in [1.54, 1.807) is 36.9 Å². The number of hydrogen-bond donors (Lipinski definition) is 1. The SMILES string of the molecule is CCN1C(=O)C(C)(C)C(=O)N(C)c2cc(OCCCNC(Cc3ccncc3)c3cccnc3)ccc21. The van der Waals surface area contributed by atoms with Crippen molar-refractivity contribution in [3.63, 3.8) is 0 Å². The van der Waals surface area contributed by atoms with Gasteiger partial charge in [0.15, 0.2) is 0 Å². The summed E-state index contributed by atoms with van der Waals surface area (Å²) >= 11 is 0. The summed E-state index contributed by atoms with van der Waals surface area (Å²) in [5.41, 5.74) is 2.61. The first-order valence-corrected chi connectivity index (χ1v) is 12.7. The van der Waals surface area contributed by atoms with Gasteiger partial charge in [0.2, 0.25) is 11.8 Å². The fraction of sp³-hybridized carbons (Fsp3) is 0.379. The van der Waals surface area contributed by atoms with Gasteiger partial charge in [-0.1, -0.05) is 6.07 Å². The molecule has 1 aliphatic rings. The zero-order valence-corrected chi connectivity index (χ0v) is 22.0. The van der Waals surface area contributed by atoms with Crippen LogP contribution in [-0.4, -0.2) is 48.5 Å². The highest BCUT2D eigenvalue weighted by molar-refractivity contribution is 6.20. The standard InChI is InChI=1S/C29H35N5O3/c1-5-34-25-10-9-23(19-26(25)33(4)27(35)29(2,3)28(34)36)37-17-7-14-32-24(22-8-6-13-31-20-22)18-21-11-15-30-16-12-21/h6,8-13,15-16,19-20,24,32H,5,7,14,17-18H2,1-4H3. The van der Waals surface area contributed by atoms with E-state index in [0.29, 0.717) is 24.6 Å². The molecule has 0 spiro atoms. The summed E-state index contributed by atoms with van der Waals surface area (Å²) in [5, 5.41) is 3.63. The van der Waals surface area contributed by atoms with Gasteiger partial charge in [-0.05, 0) is 81.6 Å². The molecule has 0 radical (unpaired) electrons. The molecule has 1 N–H and O–H groups in total. The summed E-state index contributed by atoms with van der Waals surface area (Å²) in [4.78, 5) is 37.7. The second-order valence-corrected chi connectivity index (χ2v) is 9.74. The molecule has 0 fully saturated rings. The monoisotopic (exact) mass is 501 g/mol. The van der Waals surface area contributed by atoms with Crippen LogP contribution in [0.5, 0.6) is 5.75 Å². The Morgan fingerprint density at radius 2 is 1.78 bits per heavy atom. The van der Waals surface area contributed by atoms with E-state index in [0.717, 1.165) is 30.6 Å². The second-order valence-electron chi connectivity index (χ2n) is 9.74. The second kappa shape index (κ2) is 11.5. The lowest BCUT2D eigenvalue weighted by Gasteiger charge is -2.27. The Bertz CT molecular complexity index is 1220. The van der Waals surface area contributed by atoms with Crippen molar-refractivity contribution in [1.82, 2.24) is 15.3 Å². The number of benzene rings is 1. The van der Waals surface area contributed by atoms with Crippen LogP contribution in [0.2, 0.25) is 0 Å². The Morgan fingerprint density at radius 1 is 1.00 bits per heavy atom. The maximum Gasteiger partial charge on any atom is 0.242 e. The van der Waals surface area contributed by atoms with Gasteiger partial charge in [0.25, 0.3) is 0 Å². The fourth-order valence-corrected chi connectivity index (χ4v) is 4.65. The lowest BCUT2D eigenvalue weighted by atomic mass is 9.90. The minimum absolute atomic E-state index is 0.129. The van der Waals surface area contributed by atoms with E-state index >= 15 is 0 Å². The highest BCUT2D eigenvalue weighted by Gasteiger charge is 2.45. The molecule has 8 heteroatoms. The van der Waals surface area contributed by atoms with Crippen LogP contribution in [-0.2, 0) is 16.0 Å². The van der Waals surface area contributed by atoms with Crippen molar-refractivity contribution in [1.29, 1.82) is 0 Å². The first kappa shape index (κ1) is 26.3. The Hall–Kier alpha value is -3.78. The summed E-state index contributed by atoms with van der Waals surface area (Å²) < 4.78 is 6.05. The molecular weight excluding hydrogens is 466 g/mol. The highest BCUT2D eigenvalue weighted by Crippen LogP contribution is 2.40. The number of carbonyl (C=O) groups is 2. The van der Waals surface area contributed by atoms with Gasteiger partial charge in [-0.2, -0.15) is 0 Å². The lowest BCUT2D eigenvalue weighted by molar-refractivity contribution is -0.137. The average molecular weight is 502 g/mol. The number of amides is 2. The van der Waals surface area contributed by atoms with E-state index in [9.17, 15) is 9.59 Å². The zero-order valence-electron chi connectivity index (χ0n) is 22.0. The highest BCUT2D eigenvalue weighted by atomic mass is 16.5. The number of anilines is 2. The van der Waals surface area contributed by atoms with Gasteiger partial charge in [-0.25, -0.2) is 0 Å². The van der Waals surface area contributed by atoms with Gasteiger partial charge in [-0.3, -0.25) is 19.6 Å². The third-order valence-corrected chi connectivity index (χ3v) is 6.79. The van der Waals surface area contributed by atoms with Gasteiger partial charge in [-0.15, -0.1) is 0 Å². The third-order valence-electron chi connectivity index (χ3n) is 6.79. The molecule has 4 rings (SSSR count). The van der Waals surface area contributed by atoms with Crippen molar-refractivity contribution in [2.45, 2.75) is 39.7 Å². The number of rotatable bonds is 10. The molecule has 194 valence electrons. The van der Waals surface area contributed by atoms with E-state index in [2.05, 4.69) is 21.4 Å². The Balaban J connectivity index is 1.38. The number of aromatic nitrogens is 2. The summed E-state index contributed by atoms with van der Waals surface area (Å²) in [7, 11) is 1.71. The van der Waals surface area contributed by atoms with Crippen LogP contribution in [0.1, 0.15) is 44.4 Å². The minimum Gasteiger partial charge on any atom is -0.493 e. The molecule has 1 aromatic carbocycles. The van der Waals surface area contributed by atoms with Crippen molar-refractivity contribution >= 4 is 23.2 Å². The van der Waals surface area contributed by atoms with Gasteiger partial charge in [0.1, 0.15) is 11.2 Å². The number of hydrogen-bond acceptors (Lipinski definition) is 6. The molecule has 2 aromatic heterocycles. The van der Waals surface area contributed by atoms with Crippen LogP contribution in [0.3, 0.4) is 0 Å². The molecule has 0 aliphatic carbocycles. The number of ether oxygens (including phenoxy) is 1. The van der Waals surface area contributed by atoms with Gasteiger partial charge in [0, 0.05) is 50.5 Å². The normalized spacial score (nSPS) is 15.8. The van der Waals surface area contributed by atoms with Crippen molar-refractivity contribution in [2.24, 2.45) is 5.41 Å². The van der Waals surface area contributed by atoms with Crippen LogP contribution >= 0.6 is 0 Å². The summed E-state index contributed by atoms with van der Waals surface area (Å²) in [6.07, 6.45) is 8.93. The minimum atomic E-state index is -1.13. The number of nitrogens with zero attached hydrogens (tertiary/aromatic N) is 4. The van der Waals surface area contributed by atoms with E-state index in [4.69, 9.17) is 4.74 Å². The fourth-order valence-electron chi connectivity index (χ4n) is 4.65. The van der Waals surface area contributed by atoms with Crippen molar-refractivity contribution < 1.29 is 14.3 Å². The van der Waals surface area contributed by atoms with Gasteiger partial charge >= 0.3 is 0 Å². The van der Waals surface area contributed by atoms with E-state index in [1.165, 1.54) is 5.56 Å². The van der Waals surface area contributed by atoms with Crippen LogP contribution in [0, 0.1) is 5.41 Å². The van der Waals surface area contributed by atoms with Crippen LogP contribution in [0.15, 0.2) is 67.3 Å². The number of carbonyl (C=O) groups excluding carboxylic acids is 2. The summed E-state index contributed by atoms with van der Waals surface area (Å²) in [6.45, 7) is 7.04. The molecule has 0 bridgehead atoms. The first-order chi connectivity index (χ1) is 17.8. The average Bonchev–Trinajstić information content (AvgIpc) is 2.97. The van der Waals surface area contributed by atoms with E-state index < -0.39 is 5.41 Å². The lowest BCUT2D eigenvalue weighted by Crippen LogP contribution is -2.47. The molecule has 1 aliphatic heterocycles. The maximum absolute atomic E-state index is 13.1. The molecule has 1 unspecified atom stereocenters. The molecule has 3 aromatic rings. The molecule has 3 heterocycles. The van der Waals surface area contributed by atoms with Gasteiger partial charge in [0.05, 0.1) is 18.0 Å². The first-order valence-electron chi connectivity index (χ1n) is 12.7. The Labute approximate surface area is 218 Å². The largest absolute Gasteiger partial charge is 0.493 e. The topological polar surface area (TPSA) is 87.7 Å². The van der Waals surface area contributed by atoms with Crippen molar-refractivity contribution in [3.05, 3.63) is 78.4 Å². The van der Waals surface area contributed by atoms with Crippen molar-refractivity contribution in [3.8, 4) is 5.75 Å². The quantitative estimate of drug-likeness (QED) is 0.331. The molecule has 1 atom stereocenters. The van der Waals surface area contributed by atoms with Crippen LogP contribution < -0.4 is 19.9 Å². The van der Waals surface area contributed by atoms with Crippen LogP contribution in [0.25, 0.3) is 0 Å². The van der Waals surface area contributed by atoms with Crippen LogP contribution in [0.4, 0.5) is 11.4 Å². The molecule has 0 saturated carbocycles. The molecule has 2 amide bonds. The zero-order chi connectivity index (χ0) is 26.4. The Kier molecular flexibility index (Phi) is 8.18. The molecule has 37 heavy (non-hydrogen) atoms. The predicted molar refractivity (Wildman–Crippen MR) is 145 cm³/mol. The van der Waals surface area contributed by atoms with E-state index in [-0.39, 0.29) is 17.9 Å². The number of nitrogens with one attached hydrogen (secondary N) is 1. The summed E-state index contributed by atoms with van der Waals surface area (Å²) in [5.74, 6) is 0.245. The smallest absolute Gasteiger partial charge is 0.242 e. The molecule has 8 nitrogen and oxygen atoms in total. The number of pyridine rings is 2. The summed E-state index contributed by atoms with van der Waals surface area (Å²) in [6, 6.07) is 13.8. The molecular formula is C29H35N5O3. The third kappa shape index (κ3) is 5.80. The van der Waals surface area contributed by atoms with Gasteiger partial charge < -0.3 is 19.9 Å². The van der Waals surface area contributed by atoms with E-state index in [1.807, 2.05) is 61.9 Å².